The summed E-state index contributed by atoms with van der Waals surface area (Å²) in [5, 5.41) is 11.7. The highest BCUT2D eigenvalue weighted by atomic mass is 32.2. The Morgan fingerprint density at radius 1 is 1.21 bits per heavy atom. The molecular formula is C21H18NO4S2-. The first-order valence-corrected chi connectivity index (χ1v) is 9.96. The Bertz CT molecular complexity index is 910. The van der Waals surface area contributed by atoms with Crippen LogP contribution in [0.1, 0.15) is 18.1 Å². The summed E-state index contributed by atoms with van der Waals surface area (Å²) in [7, 11) is 0. The summed E-state index contributed by atoms with van der Waals surface area (Å²) in [5.74, 6) is -1.01. The van der Waals surface area contributed by atoms with Gasteiger partial charge >= 0.3 is 0 Å². The zero-order valence-electron chi connectivity index (χ0n) is 15.2. The molecule has 1 saturated heterocycles. The molecular weight excluding hydrogens is 394 g/mol. The number of nitrogens with zero attached hydrogens (tertiary/aromatic N) is 1. The van der Waals surface area contributed by atoms with Crippen molar-refractivity contribution in [2.45, 2.75) is 19.4 Å². The first-order chi connectivity index (χ1) is 13.5. The van der Waals surface area contributed by atoms with E-state index in [9.17, 15) is 14.7 Å². The smallest absolute Gasteiger partial charge is 0.266 e. The molecule has 0 aromatic heterocycles. The fraction of sp³-hybridized carbons (Fsp3) is 0.190. The van der Waals surface area contributed by atoms with Crippen molar-refractivity contribution in [1.29, 1.82) is 0 Å². The van der Waals surface area contributed by atoms with Crippen molar-refractivity contribution >= 4 is 46.3 Å². The summed E-state index contributed by atoms with van der Waals surface area (Å²) in [6.45, 7) is 2.48. The van der Waals surface area contributed by atoms with Gasteiger partial charge in [-0.05, 0) is 42.7 Å². The van der Waals surface area contributed by atoms with E-state index >= 15 is 0 Å². The molecule has 0 radical (unpaired) electrons. The number of carbonyl (C=O) groups is 2. The maximum Gasteiger partial charge on any atom is 0.266 e. The second-order valence-corrected chi connectivity index (χ2v) is 7.75. The van der Waals surface area contributed by atoms with Crippen molar-refractivity contribution in [2.75, 3.05) is 6.61 Å². The number of hydrogen-bond acceptors (Lipinski definition) is 6. The molecule has 144 valence electrons. The van der Waals surface area contributed by atoms with Crippen molar-refractivity contribution in [3.63, 3.8) is 0 Å². The number of thioether (sulfide) groups is 1. The van der Waals surface area contributed by atoms with Gasteiger partial charge < -0.3 is 14.6 Å². The SMILES string of the molecule is CCOc1ccc(/C=C2\SC(=S)N([C@H](Cc3ccccc3)C(=O)[O-])C2=O)cc1. The minimum absolute atomic E-state index is 0.131. The van der Waals surface area contributed by atoms with Crippen molar-refractivity contribution in [3.05, 3.63) is 70.6 Å². The average molecular weight is 413 g/mol. The van der Waals surface area contributed by atoms with Gasteiger partial charge in [0.1, 0.15) is 10.1 Å². The van der Waals surface area contributed by atoms with Crippen LogP contribution in [0.25, 0.3) is 6.08 Å². The molecule has 0 unspecified atom stereocenters. The van der Waals surface area contributed by atoms with Crippen molar-refractivity contribution in [3.8, 4) is 5.75 Å². The molecule has 1 aliphatic rings. The van der Waals surface area contributed by atoms with Gasteiger partial charge in [-0.1, -0.05) is 66.4 Å². The van der Waals surface area contributed by atoms with Gasteiger partial charge in [0, 0.05) is 0 Å². The molecule has 0 saturated carbocycles. The predicted octanol–water partition coefficient (Wildman–Crippen LogP) is 2.65. The van der Waals surface area contributed by atoms with E-state index in [1.807, 2.05) is 61.5 Å². The van der Waals surface area contributed by atoms with E-state index in [1.165, 1.54) is 0 Å². The van der Waals surface area contributed by atoms with Gasteiger partial charge in [0.15, 0.2) is 0 Å². The van der Waals surface area contributed by atoms with E-state index in [1.54, 1.807) is 6.08 Å². The van der Waals surface area contributed by atoms with Crippen LogP contribution in [-0.4, -0.2) is 33.7 Å². The molecule has 1 fully saturated rings. The van der Waals surface area contributed by atoms with Gasteiger partial charge in [-0.2, -0.15) is 0 Å². The normalized spacial score (nSPS) is 16.5. The summed E-state index contributed by atoms with van der Waals surface area (Å²) in [5.41, 5.74) is 1.60. The van der Waals surface area contributed by atoms with Crippen LogP contribution >= 0.6 is 24.0 Å². The van der Waals surface area contributed by atoms with Gasteiger partial charge in [-0.15, -0.1) is 0 Å². The zero-order chi connectivity index (χ0) is 20.1. The number of benzene rings is 2. The van der Waals surface area contributed by atoms with Crippen LogP contribution in [0.4, 0.5) is 0 Å². The summed E-state index contributed by atoms with van der Waals surface area (Å²) >= 11 is 6.39. The van der Waals surface area contributed by atoms with Gasteiger partial charge in [0.05, 0.1) is 23.5 Å². The number of aliphatic carboxylic acids is 1. The fourth-order valence-electron chi connectivity index (χ4n) is 2.84. The minimum atomic E-state index is -1.33. The molecule has 7 heteroatoms. The molecule has 0 N–H and O–H groups in total. The Morgan fingerprint density at radius 3 is 2.50 bits per heavy atom. The maximum absolute atomic E-state index is 12.9. The number of ether oxygens (including phenoxy) is 1. The topological polar surface area (TPSA) is 69.7 Å². The second kappa shape index (κ2) is 9.03. The van der Waals surface area contributed by atoms with Crippen molar-refractivity contribution in [1.82, 2.24) is 4.90 Å². The molecule has 0 aliphatic carbocycles. The van der Waals surface area contributed by atoms with Crippen LogP contribution < -0.4 is 9.84 Å². The third-order valence-electron chi connectivity index (χ3n) is 4.17. The van der Waals surface area contributed by atoms with E-state index in [-0.39, 0.29) is 10.7 Å². The molecule has 28 heavy (non-hydrogen) atoms. The van der Waals surface area contributed by atoms with E-state index in [2.05, 4.69) is 0 Å². The molecule has 2 aromatic rings. The highest BCUT2D eigenvalue weighted by Gasteiger charge is 2.37. The Balaban J connectivity index is 1.82. The van der Waals surface area contributed by atoms with Gasteiger partial charge in [-0.25, -0.2) is 0 Å². The molecule has 0 bridgehead atoms. The summed E-state index contributed by atoms with van der Waals surface area (Å²) in [6, 6.07) is 15.2. The number of rotatable bonds is 7. The van der Waals surface area contributed by atoms with Crippen LogP contribution in [0.15, 0.2) is 59.5 Å². The predicted molar refractivity (Wildman–Crippen MR) is 112 cm³/mol. The maximum atomic E-state index is 12.9. The van der Waals surface area contributed by atoms with Crippen LogP contribution in [0.5, 0.6) is 5.75 Å². The monoisotopic (exact) mass is 412 g/mol. The standard InChI is InChI=1S/C21H19NO4S2/c1-2-26-16-10-8-15(9-11-16)13-18-19(23)22(21(27)28-18)17(20(24)25)12-14-6-4-3-5-7-14/h3-11,13,17H,2,12H2,1H3,(H,24,25)/p-1/b18-13-/t17-/m1/s1. The lowest BCUT2D eigenvalue weighted by molar-refractivity contribution is -0.310. The third-order valence-corrected chi connectivity index (χ3v) is 5.50. The van der Waals surface area contributed by atoms with E-state index in [0.717, 1.165) is 33.5 Å². The zero-order valence-corrected chi connectivity index (χ0v) is 16.8. The first-order valence-electron chi connectivity index (χ1n) is 8.74. The van der Waals surface area contributed by atoms with Crippen LogP contribution in [0.2, 0.25) is 0 Å². The van der Waals surface area contributed by atoms with E-state index in [0.29, 0.717) is 11.5 Å². The summed E-state index contributed by atoms with van der Waals surface area (Å²) in [4.78, 5) is 26.1. The molecule has 3 rings (SSSR count). The first kappa shape index (κ1) is 20.1. The average Bonchev–Trinajstić information content (AvgIpc) is 2.95. The van der Waals surface area contributed by atoms with Gasteiger partial charge in [0.2, 0.25) is 0 Å². The molecule has 1 aliphatic heterocycles. The number of carbonyl (C=O) groups excluding carboxylic acids is 2. The Labute approximate surface area is 173 Å². The summed E-state index contributed by atoms with van der Waals surface area (Å²) in [6.07, 6.45) is 1.83. The fourth-order valence-corrected chi connectivity index (χ4v) is 4.20. The lowest BCUT2D eigenvalue weighted by Crippen LogP contribution is -2.51. The number of carboxylic acid groups (broad SMARTS) is 1. The molecule has 2 aromatic carbocycles. The Morgan fingerprint density at radius 2 is 1.89 bits per heavy atom. The Hall–Kier alpha value is -2.64. The quantitative estimate of drug-likeness (QED) is 0.514. The van der Waals surface area contributed by atoms with Crippen LogP contribution in [-0.2, 0) is 16.0 Å². The van der Waals surface area contributed by atoms with E-state index in [4.69, 9.17) is 17.0 Å². The second-order valence-electron chi connectivity index (χ2n) is 6.08. The molecule has 1 atom stereocenters. The molecule has 5 nitrogen and oxygen atoms in total. The third kappa shape index (κ3) is 4.61. The molecule has 0 spiro atoms. The number of amides is 1. The molecule has 1 heterocycles. The van der Waals surface area contributed by atoms with Gasteiger partial charge in [0.25, 0.3) is 5.91 Å². The van der Waals surface area contributed by atoms with E-state index < -0.39 is 17.9 Å². The lowest BCUT2D eigenvalue weighted by atomic mass is 10.0. The Kier molecular flexibility index (Phi) is 6.49. The number of carboxylic acids is 1. The van der Waals surface area contributed by atoms with Crippen molar-refractivity contribution < 1.29 is 19.4 Å². The van der Waals surface area contributed by atoms with Crippen LogP contribution in [0.3, 0.4) is 0 Å². The largest absolute Gasteiger partial charge is 0.548 e. The summed E-state index contributed by atoms with van der Waals surface area (Å²) < 4.78 is 5.62. The minimum Gasteiger partial charge on any atom is -0.548 e. The lowest BCUT2D eigenvalue weighted by Gasteiger charge is -2.27. The number of hydrogen-bond donors (Lipinski definition) is 0. The van der Waals surface area contributed by atoms with Crippen molar-refractivity contribution in [2.24, 2.45) is 0 Å². The van der Waals surface area contributed by atoms with Gasteiger partial charge in [-0.3, -0.25) is 9.69 Å². The molecule has 1 amide bonds. The highest BCUT2D eigenvalue weighted by molar-refractivity contribution is 8.26. The van der Waals surface area contributed by atoms with Crippen LogP contribution in [0, 0.1) is 0 Å². The number of thiocarbonyl (C=S) groups is 1. The highest BCUT2D eigenvalue weighted by Crippen LogP contribution is 2.34.